The van der Waals surface area contributed by atoms with E-state index in [1.165, 1.54) is 16.0 Å². The number of nitrogens with zero attached hydrogens (tertiary/aromatic N) is 2. The summed E-state index contributed by atoms with van der Waals surface area (Å²) in [6.07, 6.45) is 0. The third-order valence-electron chi connectivity index (χ3n) is 3.05. The van der Waals surface area contributed by atoms with Gasteiger partial charge in [0.05, 0.1) is 13.1 Å². The summed E-state index contributed by atoms with van der Waals surface area (Å²) in [7, 11) is 4.02. The van der Waals surface area contributed by atoms with E-state index in [9.17, 15) is 0 Å². The zero-order valence-electron chi connectivity index (χ0n) is 12.7. The lowest BCUT2D eigenvalue weighted by Gasteiger charge is -2.17. The number of guanidine groups is 1. The van der Waals surface area contributed by atoms with Crippen molar-refractivity contribution in [1.82, 2.24) is 10.2 Å². The molecule has 0 saturated carbocycles. The van der Waals surface area contributed by atoms with Crippen molar-refractivity contribution in [3.63, 3.8) is 0 Å². The van der Waals surface area contributed by atoms with Gasteiger partial charge in [0.1, 0.15) is 0 Å². The second kappa shape index (κ2) is 9.04. The van der Waals surface area contributed by atoms with Gasteiger partial charge in [-0.2, -0.15) is 0 Å². The highest BCUT2D eigenvalue weighted by atomic mass is 127. The standard InChI is InChI=1S/C16H21N3S.HI/c1-13-9-10-20-15(13)12-18-16(19(2)3)17-11-14-7-5-4-6-8-14;/h4-10H,11-12H2,1-3H3,(H,17,18);1H. The molecule has 1 heterocycles. The normalized spacial score (nSPS) is 10.9. The van der Waals surface area contributed by atoms with Crippen LogP contribution in [-0.2, 0) is 13.1 Å². The molecule has 2 aromatic rings. The average molecular weight is 415 g/mol. The second-order valence-corrected chi connectivity index (χ2v) is 5.90. The summed E-state index contributed by atoms with van der Waals surface area (Å²) in [5.74, 6) is 0.918. The van der Waals surface area contributed by atoms with Crippen molar-refractivity contribution >= 4 is 41.3 Å². The smallest absolute Gasteiger partial charge is 0.194 e. The van der Waals surface area contributed by atoms with Crippen LogP contribution in [0.5, 0.6) is 0 Å². The molecule has 1 aromatic carbocycles. The Morgan fingerprint density at radius 3 is 2.48 bits per heavy atom. The Kier molecular flexibility index (Phi) is 7.74. The Labute approximate surface area is 148 Å². The van der Waals surface area contributed by atoms with E-state index in [1.54, 1.807) is 11.3 Å². The van der Waals surface area contributed by atoms with E-state index in [2.05, 4.69) is 40.8 Å². The molecule has 0 atom stereocenters. The van der Waals surface area contributed by atoms with Gasteiger partial charge in [-0.1, -0.05) is 30.3 Å². The summed E-state index contributed by atoms with van der Waals surface area (Å²) in [4.78, 5) is 8.04. The van der Waals surface area contributed by atoms with Crippen LogP contribution in [0.25, 0.3) is 0 Å². The Balaban J connectivity index is 0.00000220. The maximum absolute atomic E-state index is 4.66. The molecule has 21 heavy (non-hydrogen) atoms. The Morgan fingerprint density at radius 1 is 1.19 bits per heavy atom. The summed E-state index contributed by atoms with van der Waals surface area (Å²) in [5, 5.41) is 5.55. The fraction of sp³-hybridized carbons (Fsp3) is 0.312. The van der Waals surface area contributed by atoms with Gasteiger partial charge in [-0.15, -0.1) is 35.3 Å². The van der Waals surface area contributed by atoms with E-state index in [-0.39, 0.29) is 24.0 Å². The van der Waals surface area contributed by atoms with Crippen molar-refractivity contribution in [2.24, 2.45) is 4.99 Å². The molecule has 0 radical (unpaired) electrons. The van der Waals surface area contributed by atoms with Crippen LogP contribution < -0.4 is 5.32 Å². The van der Waals surface area contributed by atoms with E-state index >= 15 is 0 Å². The van der Waals surface area contributed by atoms with Gasteiger partial charge in [-0.3, -0.25) is 0 Å². The summed E-state index contributed by atoms with van der Waals surface area (Å²) < 4.78 is 0. The molecular formula is C16H22IN3S. The molecule has 114 valence electrons. The lowest BCUT2D eigenvalue weighted by Crippen LogP contribution is -2.36. The van der Waals surface area contributed by atoms with Crippen LogP contribution in [0.3, 0.4) is 0 Å². The molecule has 3 nitrogen and oxygen atoms in total. The van der Waals surface area contributed by atoms with Gasteiger partial charge in [0, 0.05) is 19.0 Å². The number of aliphatic imine (C=N–C) groups is 1. The van der Waals surface area contributed by atoms with Crippen LogP contribution >= 0.6 is 35.3 Å². The van der Waals surface area contributed by atoms with Gasteiger partial charge in [0.25, 0.3) is 0 Å². The number of hydrogen-bond donors (Lipinski definition) is 1. The highest BCUT2D eigenvalue weighted by Gasteiger charge is 2.04. The van der Waals surface area contributed by atoms with Crippen LogP contribution in [0.1, 0.15) is 16.0 Å². The molecule has 0 amide bonds. The number of halogens is 1. The van der Waals surface area contributed by atoms with E-state index in [0.717, 1.165) is 12.5 Å². The Bertz CT molecular complexity index is 564. The van der Waals surface area contributed by atoms with Gasteiger partial charge in [-0.25, -0.2) is 4.99 Å². The summed E-state index contributed by atoms with van der Waals surface area (Å²) in [6.45, 7) is 3.67. The quantitative estimate of drug-likeness (QED) is 0.466. The molecule has 0 unspecified atom stereocenters. The van der Waals surface area contributed by atoms with Gasteiger partial charge in [0.15, 0.2) is 5.96 Å². The monoisotopic (exact) mass is 415 g/mol. The first-order chi connectivity index (χ1) is 9.66. The largest absolute Gasteiger partial charge is 0.351 e. The number of aryl methyl sites for hydroxylation is 1. The predicted molar refractivity (Wildman–Crippen MR) is 103 cm³/mol. The topological polar surface area (TPSA) is 27.6 Å². The first-order valence-corrected chi connectivity index (χ1v) is 7.57. The number of benzene rings is 1. The minimum Gasteiger partial charge on any atom is -0.351 e. The van der Waals surface area contributed by atoms with Crippen molar-refractivity contribution < 1.29 is 0 Å². The average Bonchev–Trinajstić information content (AvgIpc) is 2.85. The van der Waals surface area contributed by atoms with Gasteiger partial charge in [0.2, 0.25) is 0 Å². The number of rotatable bonds is 4. The molecule has 5 heteroatoms. The lowest BCUT2D eigenvalue weighted by molar-refractivity contribution is 0.579. The molecule has 0 saturated heterocycles. The Hall–Kier alpha value is -1.08. The van der Waals surface area contributed by atoms with Crippen LogP contribution in [0.15, 0.2) is 46.8 Å². The number of hydrogen-bond acceptors (Lipinski definition) is 2. The summed E-state index contributed by atoms with van der Waals surface area (Å²) in [5.41, 5.74) is 2.56. The summed E-state index contributed by atoms with van der Waals surface area (Å²) in [6, 6.07) is 12.5. The zero-order valence-corrected chi connectivity index (χ0v) is 15.8. The molecule has 1 aromatic heterocycles. The third-order valence-corrected chi connectivity index (χ3v) is 4.08. The van der Waals surface area contributed by atoms with Crippen molar-refractivity contribution in [2.45, 2.75) is 20.0 Å². The summed E-state index contributed by atoms with van der Waals surface area (Å²) >= 11 is 1.78. The number of thiophene rings is 1. The van der Waals surface area contributed by atoms with Crippen LogP contribution in [0, 0.1) is 6.92 Å². The maximum Gasteiger partial charge on any atom is 0.194 e. The zero-order chi connectivity index (χ0) is 14.4. The minimum absolute atomic E-state index is 0. The third kappa shape index (κ3) is 5.67. The van der Waals surface area contributed by atoms with Crippen molar-refractivity contribution in [1.29, 1.82) is 0 Å². The van der Waals surface area contributed by atoms with Crippen LogP contribution in [-0.4, -0.2) is 25.0 Å². The first kappa shape index (κ1) is 18.0. The van der Waals surface area contributed by atoms with Crippen molar-refractivity contribution in [3.05, 3.63) is 57.8 Å². The molecule has 0 aliphatic rings. The van der Waals surface area contributed by atoms with Gasteiger partial charge >= 0.3 is 0 Å². The second-order valence-electron chi connectivity index (χ2n) is 4.90. The predicted octanol–water partition coefficient (Wildman–Crippen LogP) is 3.88. The van der Waals surface area contributed by atoms with E-state index in [0.29, 0.717) is 6.54 Å². The fourth-order valence-electron chi connectivity index (χ4n) is 1.85. The Morgan fingerprint density at radius 2 is 1.90 bits per heavy atom. The van der Waals surface area contributed by atoms with E-state index in [1.807, 2.05) is 37.2 Å². The van der Waals surface area contributed by atoms with Crippen molar-refractivity contribution in [3.8, 4) is 0 Å². The molecule has 0 bridgehead atoms. The SMILES string of the molecule is Cc1ccsc1CNC(=NCc1ccccc1)N(C)C.I. The highest BCUT2D eigenvalue weighted by Crippen LogP contribution is 2.14. The maximum atomic E-state index is 4.66. The van der Waals surface area contributed by atoms with E-state index < -0.39 is 0 Å². The highest BCUT2D eigenvalue weighted by molar-refractivity contribution is 14.0. The van der Waals surface area contributed by atoms with E-state index in [4.69, 9.17) is 0 Å². The van der Waals surface area contributed by atoms with Gasteiger partial charge in [-0.05, 0) is 29.5 Å². The van der Waals surface area contributed by atoms with Crippen LogP contribution in [0.4, 0.5) is 0 Å². The fourth-order valence-corrected chi connectivity index (χ4v) is 2.70. The lowest BCUT2D eigenvalue weighted by atomic mass is 10.2. The minimum atomic E-state index is 0. The molecule has 1 N–H and O–H groups in total. The first-order valence-electron chi connectivity index (χ1n) is 6.69. The molecule has 2 rings (SSSR count). The molecule has 0 fully saturated rings. The molecule has 0 aliphatic carbocycles. The molecular weight excluding hydrogens is 393 g/mol. The van der Waals surface area contributed by atoms with Crippen LogP contribution in [0.2, 0.25) is 0 Å². The van der Waals surface area contributed by atoms with Gasteiger partial charge < -0.3 is 10.2 Å². The molecule has 0 spiro atoms. The number of nitrogens with one attached hydrogen (secondary N) is 1. The molecule has 0 aliphatic heterocycles. The van der Waals surface area contributed by atoms with Crippen molar-refractivity contribution in [2.75, 3.05) is 14.1 Å².